The van der Waals surface area contributed by atoms with E-state index < -0.39 is 28.9 Å². The van der Waals surface area contributed by atoms with Gasteiger partial charge in [0, 0.05) is 12.6 Å². The lowest BCUT2D eigenvalue weighted by Gasteiger charge is -2.29. The highest BCUT2D eigenvalue weighted by molar-refractivity contribution is 5.84. The second kappa shape index (κ2) is 7.88. The molecule has 0 aromatic heterocycles. The van der Waals surface area contributed by atoms with Crippen LogP contribution in [0.2, 0.25) is 0 Å². The molecule has 1 amide bonds. The number of hydrogen-bond donors (Lipinski definition) is 2. The van der Waals surface area contributed by atoms with E-state index in [1.807, 2.05) is 0 Å². The minimum absolute atomic E-state index is 0.0519. The maximum atomic E-state index is 13.6. The van der Waals surface area contributed by atoms with Crippen molar-refractivity contribution < 1.29 is 23.5 Å². The van der Waals surface area contributed by atoms with Crippen LogP contribution in [0.3, 0.4) is 0 Å². The van der Waals surface area contributed by atoms with Crippen LogP contribution in [-0.4, -0.2) is 23.5 Å². The van der Waals surface area contributed by atoms with Crippen molar-refractivity contribution >= 4 is 11.9 Å². The van der Waals surface area contributed by atoms with Gasteiger partial charge < -0.3 is 10.4 Å². The van der Waals surface area contributed by atoms with Crippen LogP contribution in [0, 0.1) is 11.6 Å². The summed E-state index contributed by atoms with van der Waals surface area (Å²) in [4.78, 5) is 24.0. The quantitative estimate of drug-likeness (QED) is 0.809. The first-order valence-electron chi connectivity index (χ1n) is 7.88. The molecule has 0 bridgehead atoms. The van der Waals surface area contributed by atoms with Crippen LogP contribution in [0.15, 0.2) is 48.5 Å². The highest BCUT2D eigenvalue weighted by Crippen LogP contribution is 2.28. The summed E-state index contributed by atoms with van der Waals surface area (Å²) in [5.74, 6) is -3.10. The highest BCUT2D eigenvalue weighted by atomic mass is 19.1. The molecule has 0 fully saturated rings. The molecule has 2 aromatic rings. The summed E-state index contributed by atoms with van der Waals surface area (Å²) in [5.41, 5.74) is -0.632. The Bertz CT molecular complexity index is 765. The van der Waals surface area contributed by atoms with Crippen molar-refractivity contribution in [2.75, 3.05) is 6.54 Å². The van der Waals surface area contributed by atoms with Crippen LogP contribution < -0.4 is 5.32 Å². The number of benzene rings is 2. The Morgan fingerprint density at radius 1 is 1.12 bits per heavy atom. The number of hydrogen-bond acceptors (Lipinski definition) is 2. The van der Waals surface area contributed by atoms with Gasteiger partial charge in [0.2, 0.25) is 5.91 Å². The standard InChI is InChI=1S/C19H19F2NO3/c1-2-19(18(24)25,14-6-4-3-5-7-14)12-22-17(23)10-13-8-9-15(20)11-16(13)21/h3-9,11H,2,10,12H2,1H3,(H,22,23)(H,24,25). The largest absolute Gasteiger partial charge is 0.481 e. The Balaban J connectivity index is 2.13. The monoisotopic (exact) mass is 347 g/mol. The van der Waals surface area contributed by atoms with Crippen molar-refractivity contribution in [3.8, 4) is 0 Å². The molecule has 2 rings (SSSR count). The van der Waals surface area contributed by atoms with Crippen LogP contribution >= 0.6 is 0 Å². The molecular formula is C19H19F2NO3. The SMILES string of the molecule is CCC(CNC(=O)Cc1ccc(F)cc1F)(C(=O)O)c1ccccc1. The topological polar surface area (TPSA) is 66.4 Å². The third-order valence-electron chi connectivity index (χ3n) is 4.29. The van der Waals surface area contributed by atoms with Gasteiger partial charge in [0.1, 0.15) is 17.0 Å². The van der Waals surface area contributed by atoms with Crippen molar-refractivity contribution in [2.45, 2.75) is 25.2 Å². The van der Waals surface area contributed by atoms with Gasteiger partial charge in [-0.2, -0.15) is 0 Å². The van der Waals surface area contributed by atoms with Gasteiger partial charge in [-0.05, 0) is 23.6 Å². The minimum Gasteiger partial charge on any atom is -0.481 e. The summed E-state index contributed by atoms with van der Waals surface area (Å²) < 4.78 is 26.5. The Labute approximate surface area is 144 Å². The van der Waals surface area contributed by atoms with Gasteiger partial charge >= 0.3 is 5.97 Å². The molecular weight excluding hydrogens is 328 g/mol. The Hall–Kier alpha value is -2.76. The summed E-state index contributed by atoms with van der Waals surface area (Å²) in [5, 5.41) is 12.3. The molecule has 4 nitrogen and oxygen atoms in total. The summed E-state index contributed by atoms with van der Waals surface area (Å²) in [6.45, 7) is 1.61. The Kier molecular flexibility index (Phi) is 5.85. The van der Waals surface area contributed by atoms with E-state index in [1.165, 1.54) is 6.07 Å². The van der Waals surface area contributed by atoms with Crippen molar-refractivity contribution in [1.29, 1.82) is 0 Å². The summed E-state index contributed by atoms with van der Waals surface area (Å²) >= 11 is 0. The van der Waals surface area contributed by atoms with Crippen molar-refractivity contribution in [3.63, 3.8) is 0 Å². The Morgan fingerprint density at radius 3 is 2.36 bits per heavy atom. The molecule has 2 aromatic carbocycles. The molecule has 1 atom stereocenters. The van der Waals surface area contributed by atoms with E-state index >= 15 is 0 Å². The molecule has 2 N–H and O–H groups in total. The van der Waals surface area contributed by atoms with Gasteiger partial charge in [-0.15, -0.1) is 0 Å². The lowest BCUT2D eigenvalue weighted by atomic mass is 9.78. The molecule has 0 aliphatic rings. The molecule has 0 heterocycles. The maximum Gasteiger partial charge on any atom is 0.315 e. The predicted molar refractivity (Wildman–Crippen MR) is 89.1 cm³/mol. The minimum atomic E-state index is -1.27. The fourth-order valence-electron chi connectivity index (χ4n) is 2.69. The first-order chi connectivity index (χ1) is 11.9. The second-order valence-corrected chi connectivity index (χ2v) is 5.80. The normalized spacial score (nSPS) is 13.1. The first kappa shape index (κ1) is 18.6. The first-order valence-corrected chi connectivity index (χ1v) is 7.88. The number of carbonyl (C=O) groups is 2. The van der Waals surface area contributed by atoms with E-state index in [0.29, 0.717) is 11.6 Å². The van der Waals surface area contributed by atoms with Crippen LogP contribution in [0.1, 0.15) is 24.5 Å². The van der Waals surface area contributed by atoms with Gasteiger partial charge in [0.05, 0.1) is 6.42 Å². The number of carboxylic acids is 1. The molecule has 25 heavy (non-hydrogen) atoms. The zero-order valence-corrected chi connectivity index (χ0v) is 13.8. The molecule has 1 unspecified atom stereocenters. The molecule has 0 spiro atoms. The third-order valence-corrected chi connectivity index (χ3v) is 4.29. The van der Waals surface area contributed by atoms with E-state index in [0.717, 1.165) is 6.07 Å². The van der Waals surface area contributed by atoms with Crippen LogP contribution in [0.25, 0.3) is 0 Å². The summed E-state index contributed by atoms with van der Waals surface area (Å²) in [6, 6.07) is 11.6. The maximum absolute atomic E-state index is 13.6. The molecule has 6 heteroatoms. The van der Waals surface area contributed by atoms with Gasteiger partial charge in [-0.3, -0.25) is 9.59 Å². The molecule has 0 aliphatic carbocycles. The van der Waals surface area contributed by atoms with E-state index in [-0.39, 0.29) is 24.9 Å². The van der Waals surface area contributed by atoms with Crippen molar-refractivity contribution in [3.05, 3.63) is 71.3 Å². The van der Waals surface area contributed by atoms with Crippen molar-refractivity contribution in [2.24, 2.45) is 0 Å². The molecule has 0 saturated carbocycles. The van der Waals surface area contributed by atoms with Crippen LogP contribution in [0.4, 0.5) is 8.78 Å². The average molecular weight is 347 g/mol. The molecule has 132 valence electrons. The molecule has 0 radical (unpaired) electrons. The lowest BCUT2D eigenvalue weighted by molar-refractivity contribution is -0.144. The Morgan fingerprint density at radius 2 is 1.80 bits per heavy atom. The van der Waals surface area contributed by atoms with Gasteiger partial charge in [0.25, 0.3) is 0 Å². The summed E-state index contributed by atoms with van der Waals surface area (Å²) in [6.07, 6.45) is -0.0160. The smallest absolute Gasteiger partial charge is 0.315 e. The number of nitrogens with one attached hydrogen (secondary N) is 1. The zero-order chi connectivity index (χ0) is 18.4. The van der Waals surface area contributed by atoms with Crippen LogP contribution in [0.5, 0.6) is 0 Å². The second-order valence-electron chi connectivity index (χ2n) is 5.80. The van der Waals surface area contributed by atoms with Gasteiger partial charge in [-0.25, -0.2) is 8.78 Å². The number of halogens is 2. The number of rotatable bonds is 7. The van der Waals surface area contributed by atoms with E-state index in [2.05, 4.69) is 5.32 Å². The zero-order valence-electron chi connectivity index (χ0n) is 13.8. The number of carboxylic acid groups (broad SMARTS) is 1. The third kappa shape index (κ3) is 4.21. The molecule has 0 saturated heterocycles. The number of aliphatic carboxylic acids is 1. The predicted octanol–water partition coefficient (Wildman–Crippen LogP) is 3.06. The summed E-state index contributed by atoms with van der Waals surface area (Å²) in [7, 11) is 0. The average Bonchev–Trinajstić information content (AvgIpc) is 2.59. The van der Waals surface area contributed by atoms with Gasteiger partial charge in [0.15, 0.2) is 0 Å². The van der Waals surface area contributed by atoms with E-state index in [4.69, 9.17) is 0 Å². The number of amides is 1. The van der Waals surface area contributed by atoms with Crippen LogP contribution in [-0.2, 0) is 21.4 Å². The number of carbonyl (C=O) groups excluding carboxylic acids is 1. The van der Waals surface area contributed by atoms with Gasteiger partial charge in [-0.1, -0.05) is 43.3 Å². The highest BCUT2D eigenvalue weighted by Gasteiger charge is 2.38. The lowest BCUT2D eigenvalue weighted by Crippen LogP contribution is -2.46. The molecule has 0 aliphatic heterocycles. The van der Waals surface area contributed by atoms with Crippen molar-refractivity contribution in [1.82, 2.24) is 5.32 Å². The fraction of sp³-hybridized carbons (Fsp3) is 0.263. The van der Waals surface area contributed by atoms with E-state index in [1.54, 1.807) is 37.3 Å². The van der Waals surface area contributed by atoms with E-state index in [9.17, 15) is 23.5 Å². The fourth-order valence-corrected chi connectivity index (χ4v) is 2.69.